The summed E-state index contributed by atoms with van der Waals surface area (Å²) in [4.78, 5) is 12.7. The summed E-state index contributed by atoms with van der Waals surface area (Å²) in [5.74, 6) is -0.364. The van der Waals surface area contributed by atoms with Crippen LogP contribution in [0.3, 0.4) is 0 Å². The number of benzene rings is 2. The zero-order valence-electron chi connectivity index (χ0n) is 14.4. The van der Waals surface area contributed by atoms with Crippen LogP contribution in [0.5, 0.6) is 0 Å². The summed E-state index contributed by atoms with van der Waals surface area (Å²) in [6, 6.07) is 14.4. The standard InChI is InChI=1S/C19H24N2O3S/c1-25(23,24)19(9-12-20-13-10-19)18(22)21-11-8-15-6-7-16-4-2-3-5-17(16)14-15/h2-7,14,20H,8-13H2,1H3,(H,21,22). The van der Waals surface area contributed by atoms with E-state index in [2.05, 4.69) is 34.9 Å². The quantitative estimate of drug-likeness (QED) is 0.850. The first-order valence-electron chi connectivity index (χ1n) is 8.59. The molecule has 3 rings (SSSR count). The van der Waals surface area contributed by atoms with Crippen LogP contribution in [0.15, 0.2) is 42.5 Å². The summed E-state index contributed by atoms with van der Waals surface area (Å²) >= 11 is 0. The van der Waals surface area contributed by atoms with Gasteiger partial charge in [0.25, 0.3) is 0 Å². The van der Waals surface area contributed by atoms with E-state index < -0.39 is 14.6 Å². The molecule has 1 saturated heterocycles. The van der Waals surface area contributed by atoms with Crippen LogP contribution in [0.1, 0.15) is 18.4 Å². The fourth-order valence-corrected chi connectivity index (χ4v) is 4.83. The Morgan fingerprint density at radius 2 is 1.80 bits per heavy atom. The molecule has 2 aromatic carbocycles. The summed E-state index contributed by atoms with van der Waals surface area (Å²) in [7, 11) is -3.46. The minimum Gasteiger partial charge on any atom is -0.354 e. The lowest BCUT2D eigenvalue weighted by molar-refractivity contribution is -0.124. The molecule has 0 radical (unpaired) electrons. The smallest absolute Gasteiger partial charge is 0.241 e. The van der Waals surface area contributed by atoms with Crippen molar-refractivity contribution in [3.63, 3.8) is 0 Å². The van der Waals surface area contributed by atoms with Crippen LogP contribution >= 0.6 is 0 Å². The summed E-state index contributed by atoms with van der Waals surface area (Å²) in [6.45, 7) is 1.53. The van der Waals surface area contributed by atoms with Gasteiger partial charge < -0.3 is 10.6 Å². The molecule has 25 heavy (non-hydrogen) atoms. The van der Waals surface area contributed by atoms with Gasteiger partial charge in [-0.05, 0) is 48.7 Å². The van der Waals surface area contributed by atoms with Gasteiger partial charge in [-0.15, -0.1) is 0 Å². The van der Waals surface area contributed by atoms with Crippen LogP contribution in [0, 0.1) is 0 Å². The van der Waals surface area contributed by atoms with E-state index in [0.717, 1.165) is 10.9 Å². The van der Waals surface area contributed by atoms with Crippen molar-refractivity contribution in [2.75, 3.05) is 25.9 Å². The average Bonchev–Trinajstić information content (AvgIpc) is 2.61. The molecule has 0 unspecified atom stereocenters. The van der Waals surface area contributed by atoms with E-state index >= 15 is 0 Å². The third-order valence-electron chi connectivity index (χ3n) is 5.05. The number of hydrogen-bond donors (Lipinski definition) is 2. The van der Waals surface area contributed by atoms with Gasteiger partial charge in [0, 0.05) is 12.8 Å². The molecule has 0 aliphatic carbocycles. The molecule has 0 spiro atoms. The van der Waals surface area contributed by atoms with Crippen molar-refractivity contribution in [1.82, 2.24) is 10.6 Å². The highest BCUT2D eigenvalue weighted by atomic mass is 32.2. The lowest BCUT2D eigenvalue weighted by atomic mass is 9.95. The topological polar surface area (TPSA) is 75.3 Å². The third-order valence-corrected chi connectivity index (χ3v) is 7.06. The summed E-state index contributed by atoms with van der Waals surface area (Å²) < 4.78 is 23.2. The second-order valence-corrected chi connectivity index (χ2v) is 9.03. The van der Waals surface area contributed by atoms with Crippen LogP contribution in [-0.2, 0) is 21.1 Å². The molecule has 1 aliphatic rings. The van der Waals surface area contributed by atoms with E-state index in [1.807, 2.05) is 18.2 Å². The Labute approximate surface area is 148 Å². The Bertz CT molecular complexity index is 871. The molecule has 6 heteroatoms. The number of nitrogens with one attached hydrogen (secondary N) is 2. The van der Waals surface area contributed by atoms with E-state index in [1.165, 1.54) is 11.6 Å². The summed E-state index contributed by atoms with van der Waals surface area (Å²) in [5, 5.41) is 8.32. The molecular formula is C19H24N2O3S. The number of rotatable bonds is 5. The summed E-state index contributed by atoms with van der Waals surface area (Å²) in [6.07, 6.45) is 2.50. The molecule has 1 fully saturated rings. The first-order valence-corrected chi connectivity index (χ1v) is 10.5. The van der Waals surface area contributed by atoms with Gasteiger partial charge in [-0.3, -0.25) is 4.79 Å². The Hall–Kier alpha value is -1.92. The zero-order valence-corrected chi connectivity index (χ0v) is 15.2. The Kier molecular flexibility index (Phi) is 5.11. The highest BCUT2D eigenvalue weighted by molar-refractivity contribution is 7.92. The number of amides is 1. The van der Waals surface area contributed by atoms with Gasteiger partial charge in [0.2, 0.25) is 5.91 Å². The number of fused-ring (bicyclic) bond motifs is 1. The first-order chi connectivity index (χ1) is 11.9. The molecule has 0 aromatic heterocycles. The van der Waals surface area contributed by atoms with Crippen LogP contribution in [0.2, 0.25) is 0 Å². The van der Waals surface area contributed by atoms with Gasteiger partial charge in [0.1, 0.15) is 0 Å². The third kappa shape index (κ3) is 3.70. The van der Waals surface area contributed by atoms with Gasteiger partial charge >= 0.3 is 0 Å². The van der Waals surface area contributed by atoms with Gasteiger partial charge in [-0.2, -0.15) is 0 Å². The molecule has 5 nitrogen and oxygen atoms in total. The van der Waals surface area contributed by atoms with Crippen LogP contribution in [0.25, 0.3) is 10.8 Å². The Morgan fingerprint density at radius 3 is 2.48 bits per heavy atom. The fraction of sp³-hybridized carbons (Fsp3) is 0.421. The maximum absolute atomic E-state index is 12.7. The molecule has 1 heterocycles. The Balaban J connectivity index is 1.66. The minimum absolute atomic E-state index is 0.327. The van der Waals surface area contributed by atoms with Crippen LogP contribution in [0.4, 0.5) is 0 Å². The van der Waals surface area contributed by atoms with E-state index in [-0.39, 0.29) is 5.91 Å². The van der Waals surface area contributed by atoms with E-state index in [0.29, 0.717) is 38.9 Å². The maximum Gasteiger partial charge on any atom is 0.241 e. The normalized spacial score (nSPS) is 17.3. The van der Waals surface area contributed by atoms with E-state index in [4.69, 9.17) is 0 Å². The molecular weight excluding hydrogens is 336 g/mol. The van der Waals surface area contributed by atoms with Crippen LogP contribution < -0.4 is 10.6 Å². The second-order valence-electron chi connectivity index (χ2n) is 6.70. The van der Waals surface area contributed by atoms with Crippen molar-refractivity contribution in [3.8, 4) is 0 Å². The fourth-order valence-electron chi connectivity index (χ4n) is 3.47. The van der Waals surface area contributed by atoms with Crippen LogP contribution in [-0.4, -0.2) is 45.0 Å². The molecule has 1 amide bonds. The number of piperidine rings is 1. The lowest BCUT2D eigenvalue weighted by Crippen LogP contribution is -2.57. The van der Waals surface area contributed by atoms with E-state index in [1.54, 1.807) is 0 Å². The molecule has 1 aliphatic heterocycles. The largest absolute Gasteiger partial charge is 0.354 e. The Morgan fingerprint density at radius 1 is 1.12 bits per heavy atom. The molecule has 0 bridgehead atoms. The van der Waals surface area contributed by atoms with Gasteiger partial charge in [0.05, 0.1) is 0 Å². The van der Waals surface area contributed by atoms with Crippen molar-refractivity contribution in [2.45, 2.75) is 24.0 Å². The van der Waals surface area contributed by atoms with Crippen molar-refractivity contribution in [2.24, 2.45) is 0 Å². The lowest BCUT2D eigenvalue weighted by Gasteiger charge is -2.34. The van der Waals surface area contributed by atoms with Gasteiger partial charge in [0.15, 0.2) is 14.6 Å². The monoisotopic (exact) mass is 360 g/mol. The predicted molar refractivity (Wildman–Crippen MR) is 100 cm³/mol. The number of hydrogen-bond acceptors (Lipinski definition) is 4. The average molecular weight is 360 g/mol. The second kappa shape index (κ2) is 7.14. The van der Waals surface area contributed by atoms with Gasteiger partial charge in [-0.25, -0.2) is 8.42 Å². The predicted octanol–water partition coefficient (Wildman–Crippen LogP) is 1.67. The molecule has 0 saturated carbocycles. The zero-order chi connectivity index (χ0) is 17.9. The SMILES string of the molecule is CS(=O)(=O)C1(C(=O)NCCc2ccc3ccccc3c2)CCNCC1. The molecule has 2 N–H and O–H groups in total. The van der Waals surface area contributed by atoms with Crippen molar-refractivity contribution < 1.29 is 13.2 Å². The van der Waals surface area contributed by atoms with Gasteiger partial charge in [-0.1, -0.05) is 42.5 Å². The molecule has 134 valence electrons. The first kappa shape index (κ1) is 17.9. The van der Waals surface area contributed by atoms with Crippen molar-refractivity contribution in [1.29, 1.82) is 0 Å². The molecule has 0 atom stereocenters. The highest BCUT2D eigenvalue weighted by Gasteiger charge is 2.48. The molecule has 2 aromatic rings. The van der Waals surface area contributed by atoms with Crippen molar-refractivity contribution >= 4 is 26.5 Å². The number of carbonyl (C=O) groups is 1. The maximum atomic E-state index is 12.7. The highest BCUT2D eigenvalue weighted by Crippen LogP contribution is 2.28. The van der Waals surface area contributed by atoms with Crippen molar-refractivity contribution in [3.05, 3.63) is 48.0 Å². The summed E-state index contributed by atoms with van der Waals surface area (Å²) in [5.41, 5.74) is 1.12. The number of sulfone groups is 1. The minimum atomic E-state index is -3.46. The van der Waals surface area contributed by atoms with E-state index in [9.17, 15) is 13.2 Å². The number of carbonyl (C=O) groups excluding carboxylic acids is 1.